The molecule has 0 aliphatic carbocycles. The second-order valence-electron chi connectivity index (χ2n) is 4.84. The Kier molecular flexibility index (Phi) is 5.55. The summed E-state index contributed by atoms with van der Waals surface area (Å²) in [5, 5.41) is 14.2. The Hall–Kier alpha value is -2.86. The Bertz CT molecular complexity index is 721. The van der Waals surface area contributed by atoms with E-state index in [0.29, 0.717) is 24.2 Å². The lowest BCUT2D eigenvalue weighted by Crippen LogP contribution is -2.16. The van der Waals surface area contributed by atoms with Gasteiger partial charge in [-0.3, -0.25) is 0 Å². The first-order chi connectivity index (χ1) is 11.4. The van der Waals surface area contributed by atoms with Gasteiger partial charge in [0.15, 0.2) is 0 Å². The Labute approximate surface area is 136 Å². The van der Waals surface area contributed by atoms with Gasteiger partial charge < -0.3 is 16.4 Å². The summed E-state index contributed by atoms with van der Waals surface area (Å²) in [4.78, 5) is 7.59. The maximum absolute atomic E-state index is 13.0. The predicted molar refractivity (Wildman–Crippen MR) is 83.6 cm³/mol. The molecule has 0 aliphatic rings. The summed E-state index contributed by atoms with van der Waals surface area (Å²) >= 11 is 0. The Balaban J connectivity index is 2.23. The fraction of sp³-hybridized carbons (Fsp3) is 0.267. The summed E-state index contributed by atoms with van der Waals surface area (Å²) in [6.45, 7) is 0.628. The molecule has 0 aliphatic heterocycles. The van der Waals surface area contributed by atoms with Crippen LogP contribution in [-0.2, 0) is 6.18 Å². The molecule has 24 heavy (non-hydrogen) atoms. The molecule has 0 bridgehead atoms. The molecule has 0 saturated heterocycles. The molecule has 0 fully saturated rings. The molecule has 126 valence electrons. The third-order valence-corrected chi connectivity index (χ3v) is 3.04. The molecular weight excluding hydrogens is 321 g/mol. The summed E-state index contributed by atoms with van der Waals surface area (Å²) < 4.78 is 39.0. The maximum Gasteiger partial charge on any atom is 0.421 e. The number of hydrogen-bond acceptors (Lipinski definition) is 6. The van der Waals surface area contributed by atoms with Crippen LogP contribution in [0.3, 0.4) is 0 Å². The minimum absolute atomic E-state index is 0.0166. The second kappa shape index (κ2) is 7.61. The van der Waals surface area contributed by atoms with Crippen LogP contribution in [0.15, 0.2) is 30.5 Å². The molecule has 1 aromatic carbocycles. The van der Waals surface area contributed by atoms with Crippen molar-refractivity contribution in [3.8, 4) is 6.07 Å². The van der Waals surface area contributed by atoms with Crippen molar-refractivity contribution in [3.05, 3.63) is 41.6 Å². The Morgan fingerprint density at radius 1 is 1.21 bits per heavy atom. The predicted octanol–water partition coefficient (Wildman–Crippen LogP) is 2.87. The van der Waals surface area contributed by atoms with E-state index in [1.54, 1.807) is 24.3 Å². The van der Waals surface area contributed by atoms with Gasteiger partial charge in [-0.05, 0) is 37.2 Å². The lowest BCUT2D eigenvalue weighted by atomic mass is 10.2. The molecule has 1 heterocycles. The second-order valence-corrected chi connectivity index (χ2v) is 4.84. The highest BCUT2D eigenvalue weighted by atomic mass is 19.4. The van der Waals surface area contributed by atoms with Crippen molar-refractivity contribution in [2.24, 2.45) is 5.73 Å². The maximum atomic E-state index is 13.0. The van der Waals surface area contributed by atoms with E-state index < -0.39 is 11.7 Å². The normalized spacial score (nSPS) is 11.0. The lowest BCUT2D eigenvalue weighted by Gasteiger charge is -2.14. The van der Waals surface area contributed by atoms with Crippen LogP contribution >= 0.6 is 0 Å². The number of alkyl halides is 3. The minimum Gasteiger partial charge on any atom is -0.369 e. The van der Waals surface area contributed by atoms with E-state index in [9.17, 15) is 13.2 Å². The van der Waals surface area contributed by atoms with E-state index >= 15 is 0 Å². The van der Waals surface area contributed by atoms with Crippen LogP contribution < -0.4 is 16.4 Å². The van der Waals surface area contributed by atoms with Crippen LogP contribution in [0.25, 0.3) is 0 Å². The number of nitriles is 1. The van der Waals surface area contributed by atoms with Gasteiger partial charge in [-0.15, -0.1) is 0 Å². The molecule has 1 aromatic heterocycles. The zero-order chi connectivity index (χ0) is 17.6. The van der Waals surface area contributed by atoms with Crippen LogP contribution in [0, 0.1) is 11.3 Å². The van der Waals surface area contributed by atoms with Crippen molar-refractivity contribution >= 4 is 17.5 Å². The van der Waals surface area contributed by atoms with Crippen molar-refractivity contribution in [1.82, 2.24) is 9.97 Å². The smallest absolute Gasteiger partial charge is 0.369 e. The van der Waals surface area contributed by atoms with Gasteiger partial charge in [-0.1, -0.05) is 0 Å². The highest BCUT2D eigenvalue weighted by Crippen LogP contribution is 2.34. The van der Waals surface area contributed by atoms with Gasteiger partial charge in [0, 0.05) is 18.4 Å². The number of nitrogens with one attached hydrogen (secondary N) is 2. The third kappa shape index (κ3) is 4.57. The number of anilines is 3. The molecule has 2 rings (SSSR count). The van der Waals surface area contributed by atoms with Crippen LogP contribution in [-0.4, -0.2) is 23.1 Å². The summed E-state index contributed by atoms with van der Waals surface area (Å²) in [6.07, 6.45) is -3.32. The zero-order valence-corrected chi connectivity index (χ0v) is 12.6. The largest absolute Gasteiger partial charge is 0.421 e. The van der Waals surface area contributed by atoms with E-state index in [1.165, 1.54) is 0 Å². The van der Waals surface area contributed by atoms with Gasteiger partial charge in [-0.25, -0.2) is 4.98 Å². The third-order valence-electron chi connectivity index (χ3n) is 3.04. The van der Waals surface area contributed by atoms with E-state index in [1.807, 2.05) is 6.07 Å². The van der Waals surface area contributed by atoms with Crippen molar-refractivity contribution in [2.75, 3.05) is 23.7 Å². The number of benzene rings is 1. The number of aromatic nitrogens is 2. The van der Waals surface area contributed by atoms with Crippen molar-refractivity contribution in [1.29, 1.82) is 5.26 Å². The van der Waals surface area contributed by atoms with Crippen LogP contribution in [0.4, 0.5) is 30.6 Å². The molecule has 0 radical (unpaired) electrons. The van der Waals surface area contributed by atoms with Crippen LogP contribution in [0.5, 0.6) is 0 Å². The average Bonchev–Trinajstić information content (AvgIpc) is 2.55. The number of nitrogens with zero attached hydrogens (tertiary/aromatic N) is 3. The van der Waals surface area contributed by atoms with Gasteiger partial charge in [0.2, 0.25) is 5.95 Å². The molecule has 0 spiro atoms. The number of rotatable bonds is 6. The molecule has 0 atom stereocenters. The summed E-state index contributed by atoms with van der Waals surface area (Å²) in [6, 6.07) is 8.35. The molecule has 2 aromatic rings. The number of halogens is 3. The first-order valence-electron chi connectivity index (χ1n) is 7.09. The molecule has 4 N–H and O–H groups in total. The van der Waals surface area contributed by atoms with Crippen molar-refractivity contribution in [3.63, 3.8) is 0 Å². The van der Waals surface area contributed by atoms with Gasteiger partial charge in [0.25, 0.3) is 0 Å². The highest BCUT2D eigenvalue weighted by Gasteiger charge is 2.35. The molecule has 9 heteroatoms. The minimum atomic E-state index is -4.56. The average molecular weight is 336 g/mol. The lowest BCUT2D eigenvalue weighted by molar-refractivity contribution is -0.137. The fourth-order valence-electron chi connectivity index (χ4n) is 1.85. The van der Waals surface area contributed by atoms with E-state index in [0.717, 1.165) is 6.20 Å². The molecule has 0 saturated carbocycles. The Morgan fingerprint density at radius 2 is 1.92 bits per heavy atom. The fourth-order valence-corrected chi connectivity index (χ4v) is 1.85. The molecule has 6 nitrogen and oxygen atoms in total. The highest BCUT2D eigenvalue weighted by molar-refractivity contribution is 5.57. The number of hydrogen-bond donors (Lipinski definition) is 3. The van der Waals surface area contributed by atoms with Crippen molar-refractivity contribution < 1.29 is 13.2 Å². The van der Waals surface area contributed by atoms with Gasteiger partial charge in [0.1, 0.15) is 11.4 Å². The topological polar surface area (TPSA) is 99.7 Å². The van der Waals surface area contributed by atoms with Crippen LogP contribution in [0.2, 0.25) is 0 Å². The first-order valence-corrected chi connectivity index (χ1v) is 7.09. The van der Waals surface area contributed by atoms with E-state index in [2.05, 4.69) is 20.6 Å². The summed E-state index contributed by atoms with van der Waals surface area (Å²) in [5.41, 5.74) is 5.43. The zero-order valence-electron chi connectivity index (χ0n) is 12.6. The van der Waals surface area contributed by atoms with Gasteiger partial charge in [0.05, 0.1) is 11.6 Å². The van der Waals surface area contributed by atoms with Crippen LogP contribution in [0.1, 0.15) is 17.5 Å². The standard InChI is InChI=1S/C15H15F3N6/c16-15(17,18)12-9-22-14(24-13(12)21-7-1-6-19)23-11-4-2-10(8-20)3-5-11/h2-5,9H,1,6-7,19H2,(H2,21,22,23,24). The molecular formula is C15H15F3N6. The first kappa shape index (κ1) is 17.5. The number of nitrogens with two attached hydrogens (primary N) is 1. The summed E-state index contributed by atoms with van der Waals surface area (Å²) in [7, 11) is 0. The molecule has 0 unspecified atom stereocenters. The van der Waals surface area contributed by atoms with Gasteiger partial charge in [-0.2, -0.15) is 23.4 Å². The monoisotopic (exact) mass is 336 g/mol. The Morgan fingerprint density at radius 3 is 2.50 bits per heavy atom. The molecule has 0 amide bonds. The quantitative estimate of drug-likeness (QED) is 0.702. The van der Waals surface area contributed by atoms with E-state index in [-0.39, 0.29) is 18.3 Å². The summed E-state index contributed by atoms with van der Waals surface area (Å²) in [5.74, 6) is -0.287. The van der Waals surface area contributed by atoms with E-state index in [4.69, 9.17) is 11.0 Å². The SMILES string of the molecule is N#Cc1ccc(Nc2ncc(C(F)(F)F)c(NCCCN)n2)cc1. The van der Waals surface area contributed by atoms with Crippen molar-refractivity contribution in [2.45, 2.75) is 12.6 Å². The van der Waals surface area contributed by atoms with Gasteiger partial charge >= 0.3 is 6.18 Å².